The average molecular weight is 220 g/mol. The normalized spacial score (nSPS) is 9.88. The van der Waals surface area contributed by atoms with Gasteiger partial charge in [0, 0.05) is 23.9 Å². The van der Waals surface area contributed by atoms with Crippen LogP contribution in [-0.4, -0.2) is 13.1 Å². The molecule has 2 aromatic carbocycles. The third-order valence-corrected chi connectivity index (χ3v) is 2.00. The van der Waals surface area contributed by atoms with E-state index in [2.05, 4.69) is 0 Å². The highest BCUT2D eigenvalue weighted by Crippen LogP contribution is 2.01. The van der Waals surface area contributed by atoms with Crippen LogP contribution in [0.15, 0.2) is 38.6 Å². The summed E-state index contributed by atoms with van der Waals surface area (Å²) < 4.78 is 0. The summed E-state index contributed by atoms with van der Waals surface area (Å²) in [5.41, 5.74) is 7.52. The predicted molar refractivity (Wildman–Crippen MR) is 63.2 cm³/mol. The molecule has 2 aromatic rings. The predicted octanol–water partition coefficient (Wildman–Crippen LogP) is -1.30. The molecule has 0 aliphatic rings. The summed E-state index contributed by atoms with van der Waals surface area (Å²) in [4.78, 5) is 32.9. The van der Waals surface area contributed by atoms with Gasteiger partial charge in [0.05, 0.1) is 0 Å². The summed E-state index contributed by atoms with van der Waals surface area (Å²) in [6.07, 6.45) is 0. The minimum atomic E-state index is -0.920. The molecule has 0 atom stereocenters. The number of nitrogens with two attached hydrogens (primary N) is 2. The van der Waals surface area contributed by atoms with Crippen molar-refractivity contribution in [1.29, 1.82) is 0 Å². The molecular formula is C11H12N2O3. The Morgan fingerprint density at radius 2 is 1.12 bits per heavy atom. The third kappa shape index (κ3) is 2.21. The molecule has 4 N–H and O–H groups in total. The van der Waals surface area contributed by atoms with Gasteiger partial charge in [-0.05, 0) is 0 Å². The van der Waals surface area contributed by atoms with Crippen LogP contribution in [-0.2, 0) is 0 Å². The number of hydrogen-bond acceptors (Lipinski definition) is 5. The summed E-state index contributed by atoms with van der Waals surface area (Å²) in [7, 11) is 0. The van der Waals surface area contributed by atoms with Gasteiger partial charge in [-0.15, -0.1) is 0 Å². The zero-order chi connectivity index (χ0) is 12.1. The van der Waals surface area contributed by atoms with Crippen molar-refractivity contribution in [3.63, 3.8) is 0 Å². The van der Waals surface area contributed by atoms with Gasteiger partial charge < -0.3 is 11.5 Å². The quantitative estimate of drug-likeness (QED) is 0.581. The van der Waals surface area contributed by atoms with Crippen LogP contribution in [0.3, 0.4) is 0 Å². The van der Waals surface area contributed by atoms with Gasteiger partial charge in [-0.1, -0.05) is 24.3 Å². The molecule has 16 heavy (non-hydrogen) atoms. The maximum Gasteiger partial charge on any atom is 0.273 e. The lowest BCUT2D eigenvalue weighted by atomic mass is 10.2. The molecule has 0 saturated heterocycles. The van der Waals surface area contributed by atoms with E-state index in [1.54, 1.807) is 12.1 Å². The van der Waals surface area contributed by atoms with Gasteiger partial charge in [0.2, 0.25) is 10.9 Å². The first-order valence-corrected chi connectivity index (χ1v) is 4.76. The Morgan fingerprint density at radius 3 is 1.44 bits per heavy atom. The molecule has 0 heterocycles. The van der Waals surface area contributed by atoms with E-state index >= 15 is 0 Å². The molecule has 0 aliphatic carbocycles. The molecule has 2 rings (SSSR count). The van der Waals surface area contributed by atoms with E-state index in [9.17, 15) is 14.4 Å². The number of fused-ring (bicyclic) bond motifs is 1. The molecule has 84 valence electrons. The Morgan fingerprint density at radius 1 is 0.750 bits per heavy atom. The highest BCUT2D eigenvalue weighted by atomic mass is 16.2. The second-order valence-corrected chi connectivity index (χ2v) is 3.11. The van der Waals surface area contributed by atoms with E-state index < -0.39 is 16.3 Å². The van der Waals surface area contributed by atoms with Crippen molar-refractivity contribution in [2.45, 2.75) is 0 Å². The van der Waals surface area contributed by atoms with Crippen molar-refractivity contribution in [2.24, 2.45) is 11.5 Å². The van der Waals surface area contributed by atoms with Crippen molar-refractivity contribution in [2.75, 3.05) is 13.1 Å². The first-order chi connectivity index (χ1) is 7.63. The Bertz CT molecular complexity index is 560. The summed E-state index contributed by atoms with van der Waals surface area (Å²) >= 11 is 0. The highest BCUT2D eigenvalue weighted by molar-refractivity contribution is 5.83. The zero-order valence-corrected chi connectivity index (χ0v) is 8.60. The van der Waals surface area contributed by atoms with Crippen LogP contribution < -0.4 is 27.8 Å². The van der Waals surface area contributed by atoms with Crippen molar-refractivity contribution in [3.05, 3.63) is 54.9 Å². The van der Waals surface area contributed by atoms with Gasteiger partial charge >= 0.3 is 0 Å². The van der Waals surface area contributed by atoms with E-state index in [0.29, 0.717) is 13.1 Å². The number of hydrogen-bond donors (Lipinski definition) is 2. The van der Waals surface area contributed by atoms with Crippen LogP contribution in [0, 0.1) is 0 Å². The van der Waals surface area contributed by atoms with Crippen molar-refractivity contribution < 1.29 is 0 Å². The molecule has 0 amide bonds. The maximum absolute atomic E-state index is 11.0. The van der Waals surface area contributed by atoms with Gasteiger partial charge in [-0.25, -0.2) is 0 Å². The van der Waals surface area contributed by atoms with E-state index in [1.807, 2.05) is 0 Å². The van der Waals surface area contributed by atoms with E-state index in [-0.39, 0.29) is 10.8 Å². The summed E-state index contributed by atoms with van der Waals surface area (Å²) in [6, 6.07) is 6.23. The van der Waals surface area contributed by atoms with Crippen molar-refractivity contribution in [3.8, 4) is 0 Å². The number of benzene rings is 1. The third-order valence-electron chi connectivity index (χ3n) is 2.00. The molecule has 0 fully saturated rings. The Kier molecular flexibility index (Phi) is 4.04. The smallest absolute Gasteiger partial charge is 0.273 e. The summed E-state index contributed by atoms with van der Waals surface area (Å²) in [5.74, 6) is 0. The fraction of sp³-hybridized carbons (Fsp3) is 0.182. The van der Waals surface area contributed by atoms with Gasteiger partial charge in [0.15, 0.2) is 0 Å². The zero-order valence-electron chi connectivity index (χ0n) is 8.60. The molecule has 5 nitrogen and oxygen atoms in total. The fourth-order valence-corrected chi connectivity index (χ4v) is 1.23. The van der Waals surface area contributed by atoms with Gasteiger partial charge in [-0.2, -0.15) is 0 Å². The van der Waals surface area contributed by atoms with Crippen LogP contribution in [0.2, 0.25) is 0 Å². The van der Waals surface area contributed by atoms with Crippen molar-refractivity contribution in [1.82, 2.24) is 0 Å². The molecule has 0 saturated carbocycles. The fourth-order valence-electron chi connectivity index (χ4n) is 1.23. The molecular weight excluding hydrogens is 208 g/mol. The SMILES string of the molecule is NCCN.O=c1c(=O)c2ccccc2c1=O. The average Bonchev–Trinajstić information content (AvgIpc) is 2.56. The minimum absolute atomic E-state index is 0.229. The lowest BCUT2D eigenvalue weighted by molar-refractivity contribution is 0.976. The van der Waals surface area contributed by atoms with Gasteiger partial charge in [0.1, 0.15) is 0 Å². The Labute approximate surface area is 91.0 Å². The van der Waals surface area contributed by atoms with Crippen LogP contribution >= 0.6 is 0 Å². The van der Waals surface area contributed by atoms with Crippen LogP contribution in [0.25, 0.3) is 10.8 Å². The standard InChI is InChI=1S/C9H4O3.C2H8N2/c10-7-5-3-1-2-4-6(5)8(11)9(7)12;3-1-2-4/h1-4H;1-4H2. The lowest BCUT2D eigenvalue weighted by Gasteiger charge is -1.81. The lowest BCUT2D eigenvalue weighted by Crippen LogP contribution is -2.29. The van der Waals surface area contributed by atoms with Crippen LogP contribution in [0.4, 0.5) is 0 Å². The number of rotatable bonds is 1. The largest absolute Gasteiger partial charge is 0.329 e. The molecule has 5 heteroatoms. The van der Waals surface area contributed by atoms with E-state index in [0.717, 1.165) is 0 Å². The maximum atomic E-state index is 11.0. The highest BCUT2D eigenvalue weighted by Gasteiger charge is 2.09. The van der Waals surface area contributed by atoms with E-state index in [1.165, 1.54) is 12.1 Å². The Balaban J connectivity index is 0.000000280. The summed E-state index contributed by atoms with van der Waals surface area (Å²) in [6.45, 7) is 1.19. The molecule has 0 bridgehead atoms. The van der Waals surface area contributed by atoms with Gasteiger partial charge in [0.25, 0.3) is 5.43 Å². The second kappa shape index (κ2) is 5.29. The molecule has 0 aromatic heterocycles. The van der Waals surface area contributed by atoms with Crippen molar-refractivity contribution >= 4 is 10.8 Å². The molecule has 0 radical (unpaired) electrons. The topological polar surface area (TPSA) is 103 Å². The molecule has 0 spiro atoms. The second-order valence-electron chi connectivity index (χ2n) is 3.11. The molecule has 0 aliphatic heterocycles. The van der Waals surface area contributed by atoms with Crippen LogP contribution in [0.1, 0.15) is 0 Å². The van der Waals surface area contributed by atoms with Gasteiger partial charge in [-0.3, -0.25) is 14.4 Å². The Hall–Kier alpha value is -1.85. The van der Waals surface area contributed by atoms with E-state index in [4.69, 9.17) is 11.5 Å². The minimum Gasteiger partial charge on any atom is -0.329 e. The summed E-state index contributed by atoms with van der Waals surface area (Å²) in [5, 5.41) is 0.458. The first-order valence-electron chi connectivity index (χ1n) is 4.76. The first kappa shape index (κ1) is 12.2. The molecule has 0 unspecified atom stereocenters. The van der Waals surface area contributed by atoms with Crippen LogP contribution in [0.5, 0.6) is 0 Å². The monoisotopic (exact) mass is 220 g/mol.